The van der Waals surface area contributed by atoms with Crippen molar-refractivity contribution in [3.63, 3.8) is 0 Å². The highest BCUT2D eigenvalue weighted by molar-refractivity contribution is 9.10. The molecule has 1 aromatic carbocycles. The van der Waals surface area contributed by atoms with Crippen LogP contribution in [0.4, 0.5) is 8.78 Å². The molecule has 3 nitrogen and oxygen atoms in total. The number of nitrogens with zero attached hydrogens (tertiary/aromatic N) is 2. The molecule has 21 heavy (non-hydrogen) atoms. The number of piperidine rings is 1. The fourth-order valence-corrected chi connectivity index (χ4v) is 3.14. The maximum Gasteiger partial charge on any atom is 0.259 e. The van der Waals surface area contributed by atoms with Crippen molar-refractivity contribution in [1.29, 1.82) is 0 Å². The van der Waals surface area contributed by atoms with Gasteiger partial charge in [-0.2, -0.15) is 0 Å². The predicted molar refractivity (Wildman–Crippen MR) is 81.2 cm³/mol. The first-order valence-electron chi connectivity index (χ1n) is 6.97. The maximum absolute atomic E-state index is 13.8. The van der Waals surface area contributed by atoms with Crippen molar-refractivity contribution in [3.8, 4) is 0 Å². The summed E-state index contributed by atoms with van der Waals surface area (Å²) in [6, 6.07) is 2.24. The van der Waals surface area contributed by atoms with Crippen LogP contribution >= 0.6 is 15.9 Å². The molecule has 0 spiro atoms. The quantitative estimate of drug-likeness (QED) is 0.826. The summed E-state index contributed by atoms with van der Waals surface area (Å²) < 4.78 is 28.0. The van der Waals surface area contributed by atoms with Crippen molar-refractivity contribution in [3.05, 3.63) is 33.8 Å². The van der Waals surface area contributed by atoms with Crippen LogP contribution in [0.15, 0.2) is 16.6 Å². The van der Waals surface area contributed by atoms with Crippen LogP contribution in [0.1, 0.15) is 23.2 Å². The van der Waals surface area contributed by atoms with Gasteiger partial charge in [-0.3, -0.25) is 4.79 Å². The first-order chi connectivity index (χ1) is 9.88. The molecular formula is C15H19BrF2N2O. The molecular weight excluding hydrogens is 342 g/mol. The monoisotopic (exact) mass is 360 g/mol. The zero-order valence-corrected chi connectivity index (χ0v) is 13.8. The molecule has 1 aliphatic rings. The van der Waals surface area contributed by atoms with Crippen LogP contribution in [0.5, 0.6) is 0 Å². The standard InChI is InChI=1S/C15H19BrF2N2O/c1-19(2)9-10-3-5-20(6-4-10)15(21)14-12(17)7-11(16)8-13(14)18/h7-8,10H,3-6,9H2,1-2H3. The SMILES string of the molecule is CN(C)CC1CCN(C(=O)c2c(F)cc(Br)cc2F)CC1. The highest BCUT2D eigenvalue weighted by atomic mass is 79.9. The lowest BCUT2D eigenvalue weighted by Gasteiger charge is -2.33. The third kappa shape index (κ3) is 4.01. The van der Waals surface area contributed by atoms with Gasteiger partial charge >= 0.3 is 0 Å². The van der Waals surface area contributed by atoms with Gasteiger partial charge in [0.25, 0.3) is 5.91 Å². The van der Waals surface area contributed by atoms with E-state index in [2.05, 4.69) is 20.8 Å². The number of carbonyl (C=O) groups is 1. The lowest BCUT2D eigenvalue weighted by atomic mass is 9.96. The molecule has 116 valence electrons. The minimum absolute atomic E-state index is 0.291. The zero-order chi connectivity index (χ0) is 15.6. The van der Waals surface area contributed by atoms with Crippen molar-refractivity contribution in [2.75, 3.05) is 33.7 Å². The predicted octanol–water partition coefficient (Wildman–Crippen LogP) is 3.14. The molecule has 0 aromatic heterocycles. The van der Waals surface area contributed by atoms with Crippen LogP contribution in [-0.2, 0) is 0 Å². The topological polar surface area (TPSA) is 23.6 Å². The number of amides is 1. The maximum atomic E-state index is 13.8. The molecule has 1 heterocycles. The van der Waals surface area contributed by atoms with Crippen LogP contribution in [-0.4, -0.2) is 49.4 Å². The van der Waals surface area contributed by atoms with Gasteiger partial charge in [0.05, 0.1) is 0 Å². The van der Waals surface area contributed by atoms with Gasteiger partial charge in [-0.25, -0.2) is 8.78 Å². The molecule has 2 rings (SSSR count). The lowest BCUT2D eigenvalue weighted by Crippen LogP contribution is -2.41. The van der Waals surface area contributed by atoms with E-state index in [4.69, 9.17) is 0 Å². The first-order valence-corrected chi connectivity index (χ1v) is 7.76. The lowest BCUT2D eigenvalue weighted by molar-refractivity contribution is 0.0668. The minimum Gasteiger partial charge on any atom is -0.338 e. The molecule has 6 heteroatoms. The van der Waals surface area contributed by atoms with Gasteiger partial charge < -0.3 is 9.80 Å². The molecule has 0 N–H and O–H groups in total. The van der Waals surface area contributed by atoms with E-state index in [1.807, 2.05) is 14.1 Å². The van der Waals surface area contributed by atoms with Crippen molar-refractivity contribution < 1.29 is 13.6 Å². The molecule has 0 unspecified atom stereocenters. The molecule has 0 aliphatic carbocycles. The van der Waals surface area contributed by atoms with Crippen molar-refractivity contribution in [2.24, 2.45) is 5.92 Å². The third-order valence-electron chi connectivity index (χ3n) is 3.75. The molecule has 1 saturated heterocycles. The smallest absolute Gasteiger partial charge is 0.259 e. The van der Waals surface area contributed by atoms with Crippen LogP contribution in [0.25, 0.3) is 0 Å². The second-order valence-electron chi connectivity index (χ2n) is 5.74. The average molecular weight is 361 g/mol. The molecule has 1 aliphatic heterocycles. The third-order valence-corrected chi connectivity index (χ3v) is 4.20. The minimum atomic E-state index is -0.817. The van der Waals surface area contributed by atoms with Crippen molar-refractivity contribution >= 4 is 21.8 Å². The molecule has 1 amide bonds. The number of halogens is 3. The number of carbonyl (C=O) groups excluding carboxylic acids is 1. The average Bonchev–Trinajstić information content (AvgIpc) is 2.37. The second-order valence-corrected chi connectivity index (χ2v) is 6.66. The molecule has 0 atom stereocenters. The number of hydrogen-bond acceptors (Lipinski definition) is 2. The largest absolute Gasteiger partial charge is 0.338 e. The summed E-state index contributed by atoms with van der Waals surface area (Å²) in [5.41, 5.74) is -0.454. The van der Waals surface area contributed by atoms with E-state index in [0.717, 1.165) is 31.5 Å². The second kappa shape index (κ2) is 6.83. The highest BCUT2D eigenvalue weighted by Gasteiger charge is 2.27. The van der Waals surface area contributed by atoms with Crippen LogP contribution in [0, 0.1) is 17.6 Å². The van der Waals surface area contributed by atoms with Crippen molar-refractivity contribution in [2.45, 2.75) is 12.8 Å². The van der Waals surface area contributed by atoms with E-state index < -0.39 is 23.1 Å². The number of rotatable bonds is 3. The van der Waals surface area contributed by atoms with E-state index in [9.17, 15) is 13.6 Å². The normalized spacial score (nSPS) is 16.6. The number of benzene rings is 1. The van der Waals surface area contributed by atoms with Crippen LogP contribution < -0.4 is 0 Å². The van der Waals surface area contributed by atoms with Gasteiger partial charge in [-0.15, -0.1) is 0 Å². The van der Waals surface area contributed by atoms with E-state index in [1.165, 1.54) is 0 Å². The van der Waals surface area contributed by atoms with Crippen molar-refractivity contribution in [1.82, 2.24) is 9.80 Å². The van der Waals surface area contributed by atoms with E-state index in [-0.39, 0.29) is 0 Å². The fourth-order valence-electron chi connectivity index (χ4n) is 2.74. The van der Waals surface area contributed by atoms with Gasteiger partial charge in [0, 0.05) is 24.1 Å². The molecule has 1 aromatic rings. The van der Waals surface area contributed by atoms with Gasteiger partial charge in [0.15, 0.2) is 0 Å². The molecule has 1 fully saturated rings. The molecule has 0 saturated carbocycles. The summed E-state index contributed by atoms with van der Waals surface area (Å²) in [5, 5.41) is 0. The van der Waals surface area contributed by atoms with Crippen LogP contribution in [0.2, 0.25) is 0 Å². The van der Waals surface area contributed by atoms with E-state index in [0.29, 0.717) is 23.5 Å². The first kappa shape index (κ1) is 16.4. The number of hydrogen-bond donors (Lipinski definition) is 0. The Kier molecular flexibility index (Phi) is 5.32. The Balaban J connectivity index is 2.06. The Morgan fingerprint density at radius 1 is 1.29 bits per heavy atom. The summed E-state index contributed by atoms with van der Waals surface area (Å²) in [5.74, 6) is -1.66. The summed E-state index contributed by atoms with van der Waals surface area (Å²) in [4.78, 5) is 16.0. The Hall–Kier alpha value is -1.01. The summed E-state index contributed by atoms with van der Waals surface area (Å²) in [6.07, 6.45) is 1.73. The Labute approximate surface area is 132 Å². The number of likely N-dealkylation sites (tertiary alicyclic amines) is 1. The summed E-state index contributed by atoms with van der Waals surface area (Å²) in [7, 11) is 4.04. The zero-order valence-electron chi connectivity index (χ0n) is 12.2. The van der Waals surface area contributed by atoms with Gasteiger partial charge in [0.1, 0.15) is 17.2 Å². The fraction of sp³-hybridized carbons (Fsp3) is 0.533. The Bertz CT molecular complexity index is 505. The molecule has 0 bridgehead atoms. The summed E-state index contributed by atoms with van der Waals surface area (Å²) in [6.45, 7) is 2.07. The van der Waals surface area contributed by atoms with Gasteiger partial charge in [0.2, 0.25) is 0 Å². The molecule has 0 radical (unpaired) electrons. The van der Waals surface area contributed by atoms with E-state index in [1.54, 1.807) is 4.90 Å². The Morgan fingerprint density at radius 3 is 2.29 bits per heavy atom. The summed E-state index contributed by atoms with van der Waals surface area (Å²) >= 11 is 3.01. The van der Waals surface area contributed by atoms with Gasteiger partial charge in [-0.1, -0.05) is 15.9 Å². The Morgan fingerprint density at radius 2 is 1.81 bits per heavy atom. The van der Waals surface area contributed by atoms with E-state index >= 15 is 0 Å². The van der Waals surface area contributed by atoms with Crippen LogP contribution in [0.3, 0.4) is 0 Å². The highest BCUT2D eigenvalue weighted by Crippen LogP contribution is 2.24. The van der Waals surface area contributed by atoms with Gasteiger partial charge in [-0.05, 0) is 45.0 Å².